The molecule has 1 heterocycles. The van der Waals surface area contributed by atoms with Crippen molar-refractivity contribution in [3.8, 4) is 11.5 Å². The van der Waals surface area contributed by atoms with Crippen LogP contribution in [0.3, 0.4) is 0 Å². The number of urea groups is 1. The van der Waals surface area contributed by atoms with Gasteiger partial charge in [0.15, 0.2) is 18.1 Å². The Kier molecular flexibility index (Phi) is 9.10. The second-order valence-corrected chi connectivity index (χ2v) is 10.0. The highest BCUT2D eigenvalue weighted by atomic mass is 127. The molecular weight excluding hydrogens is 660 g/mol. The molecule has 0 aromatic heterocycles. The summed E-state index contributed by atoms with van der Waals surface area (Å²) in [7, 11) is 0. The molecule has 0 saturated carbocycles. The van der Waals surface area contributed by atoms with E-state index >= 15 is 0 Å². The monoisotopic (exact) mass is 679 g/mol. The van der Waals surface area contributed by atoms with E-state index in [4.69, 9.17) is 32.7 Å². The van der Waals surface area contributed by atoms with Crippen molar-refractivity contribution in [3.63, 3.8) is 0 Å². The minimum Gasteiger partial charge on any atom is -0.490 e. The largest absolute Gasteiger partial charge is 0.490 e. The first-order chi connectivity index (χ1) is 18.7. The molecule has 0 bridgehead atoms. The van der Waals surface area contributed by atoms with Gasteiger partial charge in [0.05, 0.1) is 26.6 Å². The molecule has 200 valence electrons. The Morgan fingerprint density at radius 3 is 2.54 bits per heavy atom. The van der Waals surface area contributed by atoms with Crippen molar-refractivity contribution in [2.45, 2.75) is 6.92 Å². The number of amides is 5. The van der Waals surface area contributed by atoms with Gasteiger partial charge in [-0.25, -0.2) is 9.69 Å². The molecule has 9 nitrogen and oxygen atoms in total. The average molecular weight is 680 g/mol. The first kappa shape index (κ1) is 28.4. The maximum Gasteiger partial charge on any atom is 0.335 e. The third-order valence-electron chi connectivity index (χ3n) is 5.31. The lowest BCUT2D eigenvalue weighted by Gasteiger charge is -2.26. The van der Waals surface area contributed by atoms with Gasteiger partial charge in [-0.15, -0.1) is 0 Å². The van der Waals surface area contributed by atoms with E-state index in [-0.39, 0.29) is 24.5 Å². The predicted molar refractivity (Wildman–Crippen MR) is 156 cm³/mol. The van der Waals surface area contributed by atoms with Crippen LogP contribution in [0.15, 0.2) is 66.2 Å². The first-order valence-electron chi connectivity index (χ1n) is 11.5. The third-order valence-corrected chi connectivity index (χ3v) is 6.67. The Hall–Kier alpha value is -3.61. The summed E-state index contributed by atoms with van der Waals surface area (Å²) in [5.74, 6) is -1.47. The van der Waals surface area contributed by atoms with Crippen LogP contribution in [0.4, 0.5) is 16.2 Å². The van der Waals surface area contributed by atoms with Crippen LogP contribution in [-0.2, 0) is 14.4 Å². The van der Waals surface area contributed by atoms with Gasteiger partial charge in [-0.05, 0) is 83.6 Å². The molecule has 0 aliphatic carbocycles. The van der Waals surface area contributed by atoms with Crippen LogP contribution >= 0.6 is 45.8 Å². The van der Waals surface area contributed by atoms with Crippen LogP contribution in [0, 0.1) is 3.57 Å². The molecule has 4 rings (SSSR count). The van der Waals surface area contributed by atoms with Crippen molar-refractivity contribution >= 4 is 87.0 Å². The van der Waals surface area contributed by atoms with Crippen LogP contribution in [0.5, 0.6) is 11.5 Å². The van der Waals surface area contributed by atoms with E-state index in [1.165, 1.54) is 18.2 Å². The molecule has 0 atom stereocenters. The zero-order valence-corrected chi connectivity index (χ0v) is 24.0. The molecule has 5 amide bonds. The summed E-state index contributed by atoms with van der Waals surface area (Å²) >= 11 is 14.1. The van der Waals surface area contributed by atoms with Gasteiger partial charge in [0.25, 0.3) is 17.7 Å². The van der Waals surface area contributed by atoms with Gasteiger partial charge >= 0.3 is 6.03 Å². The molecule has 1 fully saturated rings. The molecular formula is C27H20Cl2IN3O6. The normalized spacial score (nSPS) is 14.3. The number of nitrogens with zero attached hydrogens (tertiary/aromatic N) is 1. The number of nitrogens with one attached hydrogen (secondary N) is 2. The third kappa shape index (κ3) is 6.70. The van der Waals surface area contributed by atoms with E-state index in [0.717, 1.165) is 4.90 Å². The lowest BCUT2D eigenvalue weighted by molar-refractivity contribution is -0.122. The summed E-state index contributed by atoms with van der Waals surface area (Å²) in [6.45, 7) is 1.74. The smallest absolute Gasteiger partial charge is 0.335 e. The Morgan fingerprint density at radius 2 is 1.82 bits per heavy atom. The van der Waals surface area contributed by atoms with Gasteiger partial charge in [0.2, 0.25) is 0 Å². The molecule has 2 N–H and O–H groups in total. The molecule has 39 heavy (non-hydrogen) atoms. The molecule has 0 spiro atoms. The van der Waals surface area contributed by atoms with Crippen molar-refractivity contribution in [2.75, 3.05) is 23.4 Å². The van der Waals surface area contributed by atoms with E-state index in [1.54, 1.807) is 55.5 Å². The van der Waals surface area contributed by atoms with Gasteiger partial charge in [-0.3, -0.25) is 19.7 Å². The Balaban J connectivity index is 1.59. The van der Waals surface area contributed by atoms with Crippen molar-refractivity contribution in [2.24, 2.45) is 0 Å². The molecule has 1 aliphatic rings. The fraction of sp³-hybridized carbons (Fsp3) is 0.111. The summed E-state index contributed by atoms with van der Waals surface area (Å²) in [6.07, 6.45) is 1.35. The van der Waals surface area contributed by atoms with Crippen LogP contribution in [0.25, 0.3) is 6.08 Å². The van der Waals surface area contributed by atoms with Gasteiger partial charge < -0.3 is 14.8 Å². The van der Waals surface area contributed by atoms with Gasteiger partial charge in [0, 0.05) is 5.02 Å². The van der Waals surface area contributed by atoms with Crippen LogP contribution < -0.4 is 25.0 Å². The van der Waals surface area contributed by atoms with Crippen molar-refractivity contribution in [1.82, 2.24) is 5.32 Å². The van der Waals surface area contributed by atoms with Crippen molar-refractivity contribution in [1.29, 1.82) is 0 Å². The molecule has 12 heteroatoms. The predicted octanol–water partition coefficient (Wildman–Crippen LogP) is 5.68. The van der Waals surface area contributed by atoms with E-state index in [2.05, 4.69) is 10.6 Å². The lowest BCUT2D eigenvalue weighted by atomic mass is 10.1. The molecule has 1 aliphatic heterocycles. The Bertz CT molecular complexity index is 1510. The maximum absolute atomic E-state index is 13.2. The molecule has 3 aromatic carbocycles. The summed E-state index contributed by atoms with van der Waals surface area (Å²) in [5, 5.41) is 5.57. The highest BCUT2D eigenvalue weighted by molar-refractivity contribution is 14.1. The van der Waals surface area contributed by atoms with Gasteiger partial charge in [0.1, 0.15) is 5.57 Å². The number of benzene rings is 3. The minimum absolute atomic E-state index is 0.215. The summed E-state index contributed by atoms with van der Waals surface area (Å²) in [6, 6.07) is 15.3. The SMILES string of the molecule is CCOc1cc(/C=C2\C(=O)NC(=O)N(c3cccc(Cl)c3)C2=O)cc(I)c1OCC(=O)Nc1ccccc1Cl. The standard InChI is InChI=1S/C27H20Cl2IN3O6/c1-2-38-22-12-15(11-20(30)24(22)39-14-23(34)31-21-9-4-3-8-19(21)29)10-18-25(35)32-27(37)33(26(18)36)17-7-5-6-16(28)13-17/h3-13H,2,14H2,1H3,(H,31,34)(H,32,35,37)/b18-10+. The number of anilines is 2. The fourth-order valence-electron chi connectivity index (χ4n) is 3.63. The highest BCUT2D eigenvalue weighted by Gasteiger charge is 2.37. The second-order valence-electron chi connectivity index (χ2n) is 8.02. The van der Waals surface area contributed by atoms with E-state index < -0.39 is 23.8 Å². The summed E-state index contributed by atoms with van der Waals surface area (Å²) in [5.41, 5.74) is 0.845. The van der Waals surface area contributed by atoms with E-state index in [9.17, 15) is 19.2 Å². The fourth-order valence-corrected chi connectivity index (χ4v) is 4.78. The number of hydrogen-bond donors (Lipinski definition) is 2. The average Bonchev–Trinajstić information content (AvgIpc) is 2.87. The zero-order chi connectivity index (χ0) is 28.1. The van der Waals surface area contributed by atoms with Crippen molar-refractivity contribution < 1.29 is 28.7 Å². The Labute approximate surface area is 247 Å². The summed E-state index contributed by atoms with van der Waals surface area (Å²) in [4.78, 5) is 51.5. The number of para-hydroxylation sites is 1. The second kappa shape index (κ2) is 12.5. The van der Waals surface area contributed by atoms with Gasteiger partial charge in [-0.1, -0.05) is 41.4 Å². The van der Waals surface area contributed by atoms with E-state index in [0.29, 0.717) is 36.4 Å². The number of barbiturate groups is 1. The number of carbonyl (C=O) groups is 4. The van der Waals surface area contributed by atoms with Crippen LogP contribution in [0.2, 0.25) is 10.0 Å². The highest BCUT2D eigenvalue weighted by Crippen LogP contribution is 2.35. The van der Waals surface area contributed by atoms with Crippen LogP contribution in [0.1, 0.15) is 12.5 Å². The Morgan fingerprint density at radius 1 is 1.05 bits per heavy atom. The number of ether oxygens (including phenoxy) is 2. The zero-order valence-electron chi connectivity index (χ0n) is 20.3. The molecule has 1 saturated heterocycles. The lowest BCUT2D eigenvalue weighted by Crippen LogP contribution is -2.54. The topological polar surface area (TPSA) is 114 Å². The molecule has 0 unspecified atom stereocenters. The first-order valence-corrected chi connectivity index (χ1v) is 13.3. The number of halogens is 3. The van der Waals surface area contributed by atoms with Gasteiger partial charge in [-0.2, -0.15) is 0 Å². The molecule has 0 radical (unpaired) electrons. The number of imide groups is 2. The number of rotatable bonds is 8. The minimum atomic E-state index is -0.882. The maximum atomic E-state index is 13.2. The quantitative estimate of drug-likeness (QED) is 0.180. The number of hydrogen-bond acceptors (Lipinski definition) is 6. The van der Waals surface area contributed by atoms with Crippen molar-refractivity contribution in [3.05, 3.63) is 85.4 Å². The summed E-state index contributed by atoms with van der Waals surface area (Å²) < 4.78 is 12.0. The molecule has 3 aromatic rings. The number of carbonyl (C=O) groups excluding carboxylic acids is 4. The van der Waals surface area contributed by atoms with Crippen LogP contribution in [-0.4, -0.2) is 37.0 Å². The van der Waals surface area contributed by atoms with E-state index in [1.807, 2.05) is 22.6 Å².